The first kappa shape index (κ1) is 16.0. The van der Waals surface area contributed by atoms with Gasteiger partial charge >= 0.3 is 0 Å². The molecule has 0 atom stereocenters. The molecule has 118 valence electrons. The molecule has 0 saturated carbocycles. The van der Waals surface area contributed by atoms with E-state index in [4.69, 9.17) is 27.6 Å². The number of aromatic nitrogens is 2. The van der Waals surface area contributed by atoms with Crippen LogP contribution in [0, 0.1) is 0 Å². The average Bonchev–Trinajstić information content (AvgIpc) is 2.98. The maximum atomic E-state index is 6.14. The lowest BCUT2D eigenvalue weighted by atomic mass is 10.2. The second-order valence-corrected chi connectivity index (χ2v) is 6.12. The van der Waals surface area contributed by atoms with Crippen LogP contribution in [0.5, 0.6) is 0 Å². The Morgan fingerprint density at radius 3 is 2.43 bits per heavy atom. The van der Waals surface area contributed by atoms with Gasteiger partial charge < -0.3 is 4.42 Å². The van der Waals surface area contributed by atoms with Gasteiger partial charge in [-0.1, -0.05) is 47.5 Å². The van der Waals surface area contributed by atoms with E-state index in [1.165, 1.54) is 5.56 Å². The molecule has 6 heteroatoms. The molecule has 2 aromatic carbocycles. The van der Waals surface area contributed by atoms with Crippen molar-refractivity contribution in [3.05, 3.63) is 70.0 Å². The number of hydrogen-bond donors (Lipinski definition) is 0. The summed E-state index contributed by atoms with van der Waals surface area (Å²) in [5.41, 5.74) is 1.91. The summed E-state index contributed by atoms with van der Waals surface area (Å²) in [6, 6.07) is 15.2. The first-order valence-corrected chi connectivity index (χ1v) is 7.87. The Morgan fingerprint density at radius 1 is 0.957 bits per heavy atom. The predicted molar refractivity (Wildman–Crippen MR) is 91.4 cm³/mol. The van der Waals surface area contributed by atoms with E-state index in [9.17, 15) is 0 Å². The van der Waals surface area contributed by atoms with Crippen molar-refractivity contribution in [1.29, 1.82) is 0 Å². The highest BCUT2D eigenvalue weighted by molar-refractivity contribution is 6.33. The molecular weight excluding hydrogens is 333 g/mol. The molecule has 0 spiro atoms. The van der Waals surface area contributed by atoms with Gasteiger partial charge in [0.15, 0.2) is 0 Å². The number of benzene rings is 2. The molecule has 0 aliphatic rings. The Labute approximate surface area is 144 Å². The second kappa shape index (κ2) is 7.13. The highest BCUT2D eigenvalue weighted by atomic mass is 35.5. The van der Waals surface area contributed by atoms with E-state index in [1.54, 1.807) is 6.07 Å². The van der Waals surface area contributed by atoms with Gasteiger partial charge in [-0.25, -0.2) is 0 Å². The Hall–Kier alpha value is -1.88. The van der Waals surface area contributed by atoms with Crippen LogP contribution in [0.1, 0.15) is 11.5 Å². The van der Waals surface area contributed by atoms with Crippen LogP contribution in [0.4, 0.5) is 0 Å². The fraction of sp³-hybridized carbons (Fsp3) is 0.176. The van der Waals surface area contributed by atoms with Crippen molar-refractivity contribution in [3.8, 4) is 11.5 Å². The van der Waals surface area contributed by atoms with Crippen molar-refractivity contribution in [2.24, 2.45) is 0 Å². The van der Waals surface area contributed by atoms with Crippen LogP contribution in [0.15, 0.2) is 52.9 Å². The molecule has 1 heterocycles. The molecule has 0 aliphatic heterocycles. The summed E-state index contributed by atoms with van der Waals surface area (Å²) in [6.45, 7) is 1.32. The van der Waals surface area contributed by atoms with Gasteiger partial charge in [-0.3, -0.25) is 4.90 Å². The smallest absolute Gasteiger partial charge is 0.249 e. The molecule has 0 bridgehead atoms. The van der Waals surface area contributed by atoms with Crippen LogP contribution in [0.3, 0.4) is 0 Å². The third kappa shape index (κ3) is 4.10. The minimum absolute atomic E-state index is 0.436. The third-order valence-electron chi connectivity index (χ3n) is 3.34. The van der Waals surface area contributed by atoms with Crippen molar-refractivity contribution >= 4 is 23.2 Å². The van der Waals surface area contributed by atoms with Gasteiger partial charge in [0.05, 0.1) is 17.1 Å². The first-order valence-electron chi connectivity index (χ1n) is 7.12. The fourth-order valence-electron chi connectivity index (χ4n) is 2.25. The summed E-state index contributed by atoms with van der Waals surface area (Å²) < 4.78 is 5.71. The van der Waals surface area contributed by atoms with Gasteiger partial charge in [-0.2, -0.15) is 0 Å². The zero-order chi connectivity index (χ0) is 16.2. The van der Waals surface area contributed by atoms with E-state index in [0.29, 0.717) is 23.3 Å². The van der Waals surface area contributed by atoms with Crippen molar-refractivity contribution in [2.75, 3.05) is 7.05 Å². The van der Waals surface area contributed by atoms with Crippen LogP contribution in [0.2, 0.25) is 10.0 Å². The Kier molecular flexibility index (Phi) is 4.96. The zero-order valence-corrected chi connectivity index (χ0v) is 14.1. The number of nitrogens with zero attached hydrogens (tertiary/aromatic N) is 3. The summed E-state index contributed by atoms with van der Waals surface area (Å²) in [6.07, 6.45) is 0. The normalized spacial score (nSPS) is 11.1. The second-order valence-electron chi connectivity index (χ2n) is 5.28. The van der Waals surface area contributed by atoms with Crippen molar-refractivity contribution in [2.45, 2.75) is 13.1 Å². The van der Waals surface area contributed by atoms with Crippen LogP contribution in [-0.4, -0.2) is 22.1 Å². The maximum Gasteiger partial charge on any atom is 0.249 e. The highest BCUT2D eigenvalue weighted by Crippen LogP contribution is 2.26. The summed E-state index contributed by atoms with van der Waals surface area (Å²) >= 11 is 12.0. The van der Waals surface area contributed by atoms with Gasteiger partial charge in [-0.05, 0) is 36.9 Å². The maximum absolute atomic E-state index is 6.14. The van der Waals surface area contributed by atoms with Gasteiger partial charge in [0.2, 0.25) is 11.8 Å². The Bertz CT molecular complexity index is 787. The summed E-state index contributed by atoms with van der Waals surface area (Å²) in [5, 5.41) is 9.49. The molecule has 0 radical (unpaired) electrons. The fourth-order valence-corrected chi connectivity index (χ4v) is 2.59. The molecule has 3 aromatic rings. The van der Waals surface area contributed by atoms with E-state index >= 15 is 0 Å². The first-order chi connectivity index (χ1) is 11.1. The van der Waals surface area contributed by atoms with Crippen LogP contribution >= 0.6 is 23.2 Å². The molecular formula is C17H15Cl2N3O. The molecule has 4 nitrogen and oxygen atoms in total. The minimum atomic E-state index is 0.436. The predicted octanol–water partition coefficient (Wildman–Crippen LogP) is 4.68. The topological polar surface area (TPSA) is 42.2 Å². The number of rotatable bonds is 5. The zero-order valence-electron chi connectivity index (χ0n) is 12.5. The molecule has 1 aromatic heterocycles. The molecule has 0 amide bonds. The van der Waals surface area contributed by atoms with Gasteiger partial charge in [0.1, 0.15) is 0 Å². The van der Waals surface area contributed by atoms with Gasteiger partial charge in [-0.15, -0.1) is 10.2 Å². The van der Waals surface area contributed by atoms with Crippen LogP contribution in [0.25, 0.3) is 11.5 Å². The van der Waals surface area contributed by atoms with E-state index in [0.717, 1.165) is 17.1 Å². The molecule has 0 unspecified atom stereocenters. The largest absolute Gasteiger partial charge is 0.419 e. The van der Waals surface area contributed by atoms with E-state index in [2.05, 4.69) is 15.1 Å². The molecule has 23 heavy (non-hydrogen) atoms. The van der Waals surface area contributed by atoms with Gasteiger partial charge in [0, 0.05) is 11.6 Å². The standard InChI is InChI=1S/C17H15Cl2N3O/c1-22(10-12-6-8-13(18)9-7-12)11-16-20-21-17(23-16)14-4-2-3-5-15(14)19/h2-9H,10-11H2,1H3. The minimum Gasteiger partial charge on any atom is -0.419 e. The number of hydrogen-bond acceptors (Lipinski definition) is 4. The molecule has 0 N–H and O–H groups in total. The third-order valence-corrected chi connectivity index (χ3v) is 3.92. The van der Waals surface area contributed by atoms with E-state index in [-0.39, 0.29) is 0 Å². The highest BCUT2D eigenvalue weighted by Gasteiger charge is 2.13. The van der Waals surface area contributed by atoms with Crippen LogP contribution in [-0.2, 0) is 13.1 Å². The van der Waals surface area contributed by atoms with Crippen molar-refractivity contribution in [3.63, 3.8) is 0 Å². The average molecular weight is 348 g/mol. The Balaban J connectivity index is 1.67. The van der Waals surface area contributed by atoms with E-state index in [1.807, 2.05) is 49.5 Å². The molecule has 0 aliphatic carbocycles. The Morgan fingerprint density at radius 2 is 1.70 bits per heavy atom. The molecule has 3 rings (SSSR count). The molecule has 0 fully saturated rings. The van der Waals surface area contributed by atoms with Crippen molar-refractivity contribution < 1.29 is 4.42 Å². The SMILES string of the molecule is CN(Cc1ccc(Cl)cc1)Cc1nnc(-c2ccccc2Cl)o1. The number of halogens is 2. The lowest BCUT2D eigenvalue weighted by Gasteiger charge is -2.14. The van der Waals surface area contributed by atoms with Gasteiger partial charge in [0.25, 0.3) is 0 Å². The summed E-state index contributed by atoms with van der Waals surface area (Å²) in [5.74, 6) is 0.988. The monoisotopic (exact) mass is 347 g/mol. The molecule has 0 saturated heterocycles. The summed E-state index contributed by atoms with van der Waals surface area (Å²) in [4.78, 5) is 2.09. The van der Waals surface area contributed by atoms with E-state index < -0.39 is 0 Å². The van der Waals surface area contributed by atoms with Crippen LogP contribution < -0.4 is 0 Å². The lowest BCUT2D eigenvalue weighted by molar-refractivity contribution is 0.283. The van der Waals surface area contributed by atoms with Crippen molar-refractivity contribution in [1.82, 2.24) is 15.1 Å². The summed E-state index contributed by atoms with van der Waals surface area (Å²) in [7, 11) is 1.99. The lowest BCUT2D eigenvalue weighted by Crippen LogP contribution is -2.17. The quantitative estimate of drug-likeness (QED) is 0.672.